The van der Waals surface area contributed by atoms with Gasteiger partial charge in [-0.1, -0.05) is 13.8 Å². The smallest absolute Gasteiger partial charge is 0.222 e. The molecule has 0 aromatic rings. The van der Waals surface area contributed by atoms with E-state index >= 15 is 0 Å². The molecule has 1 atom stereocenters. The second-order valence-electron chi connectivity index (χ2n) is 6.93. The van der Waals surface area contributed by atoms with Crippen molar-refractivity contribution in [2.24, 2.45) is 17.1 Å². The van der Waals surface area contributed by atoms with E-state index in [1.54, 1.807) is 0 Å². The molecule has 0 saturated carbocycles. The number of likely N-dealkylation sites (tertiary alicyclic amines) is 1. The van der Waals surface area contributed by atoms with Crippen LogP contribution in [0, 0.1) is 11.3 Å². The Morgan fingerprint density at radius 2 is 2.16 bits per heavy atom. The largest absolute Gasteiger partial charge is 0.345 e. The normalized spacial score (nSPS) is 21.4. The maximum atomic E-state index is 12.1. The Morgan fingerprint density at radius 1 is 1.47 bits per heavy atom. The number of carbonyl (C=O) groups excluding carboxylic acids is 1. The molecule has 1 amide bonds. The zero-order valence-electron chi connectivity index (χ0n) is 13.1. The minimum atomic E-state index is 0.00939. The molecule has 0 aromatic carbocycles. The molecule has 19 heavy (non-hydrogen) atoms. The predicted molar refractivity (Wildman–Crippen MR) is 79.9 cm³/mol. The van der Waals surface area contributed by atoms with Crippen LogP contribution in [0.2, 0.25) is 0 Å². The van der Waals surface area contributed by atoms with Gasteiger partial charge in [0.15, 0.2) is 0 Å². The van der Waals surface area contributed by atoms with Crippen molar-refractivity contribution in [3.63, 3.8) is 0 Å². The number of nitrogens with two attached hydrogens (primary N) is 1. The minimum absolute atomic E-state index is 0.00939. The molecular formula is C15H31N3O. The van der Waals surface area contributed by atoms with Gasteiger partial charge in [0.05, 0.1) is 0 Å². The van der Waals surface area contributed by atoms with Crippen LogP contribution in [0.5, 0.6) is 0 Å². The van der Waals surface area contributed by atoms with Gasteiger partial charge in [-0.3, -0.25) is 4.79 Å². The van der Waals surface area contributed by atoms with Crippen LogP contribution < -0.4 is 5.73 Å². The van der Waals surface area contributed by atoms with E-state index in [2.05, 4.69) is 25.8 Å². The molecule has 0 aromatic heterocycles. The number of nitrogens with zero attached hydrogens (tertiary/aromatic N) is 2. The monoisotopic (exact) mass is 269 g/mol. The Kier molecular flexibility index (Phi) is 6.27. The van der Waals surface area contributed by atoms with Gasteiger partial charge in [0, 0.05) is 26.6 Å². The standard InChI is InChI=1S/C15H31N3O/c1-15(2,11-16)12-18(4)14(19)8-7-13-6-5-9-17(3)10-13/h13H,5-12,16H2,1-4H3. The van der Waals surface area contributed by atoms with E-state index in [-0.39, 0.29) is 11.3 Å². The predicted octanol–water partition coefficient (Wildman–Crippen LogP) is 1.55. The van der Waals surface area contributed by atoms with Crippen molar-refractivity contribution in [3.05, 3.63) is 0 Å². The first-order valence-corrected chi connectivity index (χ1v) is 7.46. The molecule has 0 spiro atoms. The van der Waals surface area contributed by atoms with Crippen LogP contribution in [0.4, 0.5) is 0 Å². The SMILES string of the molecule is CN1CCCC(CCC(=O)N(C)CC(C)(C)CN)C1. The van der Waals surface area contributed by atoms with Crippen LogP contribution >= 0.6 is 0 Å². The summed E-state index contributed by atoms with van der Waals surface area (Å²) < 4.78 is 0. The summed E-state index contributed by atoms with van der Waals surface area (Å²) in [6, 6.07) is 0. The Morgan fingerprint density at radius 3 is 2.74 bits per heavy atom. The number of piperidine rings is 1. The Balaban J connectivity index is 2.30. The van der Waals surface area contributed by atoms with Crippen molar-refractivity contribution in [1.29, 1.82) is 0 Å². The van der Waals surface area contributed by atoms with Crippen molar-refractivity contribution in [1.82, 2.24) is 9.80 Å². The van der Waals surface area contributed by atoms with Crippen LogP contribution in [0.1, 0.15) is 39.5 Å². The molecule has 1 fully saturated rings. The summed E-state index contributed by atoms with van der Waals surface area (Å²) in [6.07, 6.45) is 4.24. The van der Waals surface area contributed by atoms with E-state index in [4.69, 9.17) is 5.73 Å². The number of hydrogen-bond donors (Lipinski definition) is 1. The van der Waals surface area contributed by atoms with Gasteiger partial charge in [0.1, 0.15) is 0 Å². The summed E-state index contributed by atoms with van der Waals surface area (Å²) in [5.41, 5.74) is 5.73. The van der Waals surface area contributed by atoms with E-state index in [9.17, 15) is 4.79 Å². The zero-order chi connectivity index (χ0) is 14.5. The Hall–Kier alpha value is -0.610. The summed E-state index contributed by atoms with van der Waals surface area (Å²) in [5.74, 6) is 0.952. The van der Waals surface area contributed by atoms with Crippen LogP contribution in [-0.2, 0) is 4.79 Å². The van der Waals surface area contributed by atoms with Gasteiger partial charge < -0.3 is 15.5 Å². The van der Waals surface area contributed by atoms with E-state index in [1.165, 1.54) is 19.4 Å². The van der Waals surface area contributed by atoms with Gasteiger partial charge in [-0.05, 0) is 50.7 Å². The highest BCUT2D eigenvalue weighted by Crippen LogP contribution is 2.21. The maximum absolute atomic E-state index is 12.1. The molecule has 0 bridgehead atoms. The fourth-order valence-electron chi connectivity index (χ4n) is 2.82. The lowest BCUT2D eigenvalue weighted by molar-refractivity contribution is -0.131. The van der Waals surface area contributed by atoms with Crippen LogP contribution in [0.15, 0.2) is 0 Å². The fourth-order valence-corrected chi connectivity index (χ4v) is 2.82. The Labute approximate surface area is 118 Å². The molecule has 0 radical (unpaired) electrons. The molecular weight excluding hydrogens is 238 g/mol. The van der Waals surface area contributed by atoms with Crippen molar-refractivity contribution < 1.29 is 4.79 Å². The zero-order valence-corrected chi connectivity index (χ0v) is 13.1. The lowest BCUT2D eigenvalue weighted by Crippen LogP contribution is -2.40. The van der Waals surface area contributed by atoms with Gasteiger partial charge in [-0.15, -0.1) is 0 Å². The molecule has 1 unspecified atom stereocenters. The highest BCUT2D eigenvalue weighted by molar-refractivity contribution is 5.75. The fraction of sp³-hybridized carbons (Fsp3) is 0.933. The average Bonchev–Trinajstić information content (AvgIpc) is 2.35. The van der Waals surface area contributed by atoms with Crippen molar-refractivity contribution >= 4 is 5.91 Å². The van der Waals surface area contributed by atoms with Gasteiger partial charge in [-0.25, -0.2) is 0 Å². The number of carbonyl (C=O) groups is 1. The number of rotatable bonds is 6. The third-order valence-corrected chi connectivity index (χ3v) is 4.13. The molecule has 1 saturated heterocycles. The lowest BCUT2D eigenvalue weighted by atomic mass is 9.92. The van der Waals surface area contributed by atoms with E-state index in [1.807, 2.05) is 11.9 Å². The van der Waals surface area contributed by atoms with Gasteiger partial charge in [-0.2, -0.15) is 0 Å². The second kappa shape index (κ2) is 7.25. The highest BCUT2D eigenvalue weighted by atomic mass is 16.2. The topological polar surface area (TPSA) is 49.6 Å². The third-order valence-electron chi connectivity index (χ3n) is 4.13. The first-order chi connectivity index (χ1) is 8.84. The molecule has 1 rings (SSSR count). The van der Waals surface area contributed by atoms with Crippen molar-refractivity contribution in [2.45, 2.75) is 39.5 Å². The minimum Gasteiger partial charge on any atom is -0.345 e. The summed E-state index contributed by atoms with van der Waals surface area (Å²) in [6.45, 7) is 7.91. The second-order valence-corrected chi connectivity index (χ2v) is 6.93. The molecule has 0 aliphatic carbocycles. The molecule has 4 heteroatoms. The lowest BCUT2D eigenvalue weighted by Gasteiger charge is -2.31. The van der Waals surface area contributed by atoms with E-state index < -0.39 is 0 Å². The van der Waals surface area contributed by atoms with Gasteiger partial charge in [0.2, 0.25) is 5.91 Å². The number of amides is 1. The van der Waals surface area contributed by atoms with Crippen LogP contribution in [-0.4, -0.2) is 56.0 Å². The molecule has 4 nitrogen and oxygen atoms in total. The summed E-state index contributed by atoms with van der Waals surface area (Å²) in [5, 5.41) is 0. The quantitative estimate of drug-likeness (QED) is 0.796. The molecule has 1 heterocycles. The highest BCUT2D eigenvalue weighted by Gasteiger charge is 2.22. The first-order valence-electron chi connectivity index (χ1n) is 7.46. The summed E-state index contributed by atoms with van der Waals surface area (Å²) in [4.78, 5) is 16.4. The van der Waals surface area contributed by atoms with Crippen LogP contribution in [0.3, 0.4) is 0 Å². The average molecular weight is 269 g/mol. The van der Waals surface area contributed by atoms with E-state index in [0.717, 1.165) is 19.5 Å². The number of hydrogen-bond acceptors (Lipinski definition) is 3. The molecule has 1 aliphatic heterocycles. The van der Waals surface area contributed by atoms with Crippen molar-refractivity contribution in [3.8, 4) is 0 Å². The van der Waals surface area contributed by atoms with Crippen molar-refractivity contribution in [2.75, 3.05) is 40.3 Å². The van der Waals surface area contributed by atoms with E-state index in [0.29, 0.717) is 18.9 Å². The molecule has 1 aliphatic rings. The first kappa shape index (κ1) is 16.4. The molecule has 2 N–H and O–H groups in total. The van der Waals surface area contributed by atoms with Gasteiger partial charge >= 0.3 is 0 Å². The molecule has 112 valence electrons. The third kappa shape index (κ3) is 5.91. The maximum Gasteiger partial charge on any atom is 0.222 e. The van der Waals surface area contributed by atoms with Crippen LogP contribution in [0.25, 0.3) is 0 Å². The van der Waals surface area contributed by atoms with Gasteiger partial charge in [0.25, 0.3) is 0 Å². The summed E-state index contributed by atoms with van der Waals surface area (Å²) >= 11 is 0. The summed E-state index contributed by atoms with van der Waals surface area (Å²) in [7, 11) is 4.07. The Bertz CT molecular complexity index is 291.